The van der Waals surface area contributed by atoms with Crippen molar-refractivity contribution in [1.82, 2.24) is 4.90 Å². The first-order chi connectivity index (χ1) is 7.19. The molecule has 0 bridgehead atoms. The highest BCUT2D eigenvalue weighted by Gasteiger charge is 2.12. The molecule has 3 heteroatoms. The number of carbonyl (C=O) groups is 1. The standard InChI is InChI=1S/C12H12ClNO/c1-3-8-14(4-2)12(15)10-6-5-7-11(13)9-10/h1,5-7,9H,4,8H2,2H3. The Labute approximate surface area is 94.8 Å². The van der Waals surface area contributed by atoms with E-state index in [4.69, 9.17) is 18.0 Å². The number of hydrogen-bond acceptors (Lipinski definition) is 1. The highest BCUT2D eigenvalue weighted by molar-refractivity contribution is 6.30. The molecule has 0 atom stereocenters. The maximum absolute atomic E-state index is 11.9. The summed E-state index contributed by atoms with van der Waals surface area (Å²) < 4.78 is 0. The minimum atomic E-state index is -0.0852. The SMILES string of the molecule is C#CCN(CC)C(=O)c1cccc(Cl)c1. The molecule has 1 rings (SSSR count). The van der Waals surface area contributed by atoms with Gasteiger partial charge in [0.1, 0.15) is 0 Å². The number of halogens is 1. The van der Waals surface area contributed by atoms with E-state index in [-0.39, 0.29) is 5.91 Å². The van der Waals surface area contributed by atoms with Crippen molar-refractivity contribution in [1.29, 1.82) is 0 Å². The van der Waals surface area contributed by atoms with E-state index in [1.165, 1.54) is 0 Å². The van der Waals surface area contributed by atoms with Crippen molar-refractivity contribution in [3.63, 3.8) is 0 Å². The van der Waals surface area contributed by atoms with E-state index >= 15 is 0 Å². The second-order valence-corrected chi connectivity index (χ2v) is 3.47. The monoisotopic (exact) mass is 221 g/mol. The second-order valence-electron chi connectivity index (χ2n) is 3.03. The lowest BCUT2D eigenvalue weighted by Crippen LogP contribution is -2.31. The lowest BCUT2D eigenvalue weighted by atomic mass is 10.2. The summed E-state index contributed by atoms with van der Waals surface area (Å²) in [7, 11) is 0. The number of amides is 1. The molecule has 0 saturated heterocycles. The van der Waals surface area contributed by atoms with Crippen molar-refractivity contribution >= 4 is 17.5 Å². The van der Waals surface area contributed by atoms with E-state index in [9.17, 15) is 4.79 Å². The van der Waals surface area contributed by atoms with Gasteiger partial charge in [-0.2, -0.15) is 0 Å². The molecule has 0 aliphatic carbocycles. The van der Waals surface area contributed by atoms with Crippen molar-refractivity contribution in [2.75, 3.05) is 13.1 Å². The van der Waals surface area contributed by atoms with Gasteiger partial charge in [-0.15, -0.1) is 6.42 Å². The Balaban J connectivity index is 2.88. The van der Waals surface area contributed by atoms with Crippen molar-refractivity contribution < 1.29 is 4.79 Å². The molecule has 0 aromatic heterocycles. The fraction of sp³-hybridized carbons (Fsp3) is 0.250. The largest absolute Gasteiger partial charge is 0.328 e. The summed E-state index contributed by atoms with van der Waals surface area (Å²) in [6.45, 7) is 2.80. The van der Waals surface area contributed by atoms with E-state index in [1.807, 2.05) is 6.92 Å². The van der Waals surface area contributed by atoms with Crippen molar-refractivity contribution in [3.05, 3.63) is 34.9 Å². The minimum absolute atomic E-state index is 0.0852. The maximum atomic E-state index is 11.9. The van der Waals surface area contributed by atoms with Gasteiger partial charge in [-0.3, -0.25) is 4.79 Å². The second kappa shape index (κ2) is 5.43. The Hall–Kier alpha value is -1.46. The molecule has 0 N–H and O–H groups in total. The van der Waals surface area contributed by atoms with Crippen LogP contribution in [0, 0.1) is 12.3 Å². The van der Waals surface area contributed by atoms with Gasteiger partial charge < -0.3 is 4.90 Å². The quantitative estimate of drug-likeness (QED) is 0.718. The van der Waals surface area contributed by atoms with Crippen LogP contribution in [0.25, 0.3) is 0 Å². The Bertz CT molecular complexity index is 395. The third-order valence-corrected chi connectivity index (χ3v) is 2.26. The zero-order valence-corrected chi connectivity index (χ0v) is 9.29. The normalized spacial score (nSPS) is 9.40. The number of carbonyl (C=O) groups excluding carboxylic acids is 1. The summed E-state index contributed by atoms with van der Waals surface area (Å²) >= 11 is 5.80. The molecule has 0 unspecified atom stereocenters. The molecule has 0 radical (unpaired) electrons. The van der Waals surface area contributed by atoms with Crippen LogP contribution in [-0.2, 0) is 0 Å². The first-order valence-electron chi connectivity index (χ1n) is 4.67. The minimum Gasteiger partial charge on any atom is -0.328 e. The summed E-state index contributed by atoms with van der Waals surface area (Å²) in [6, 6.07) is 6.85. The van der Waals surface area contributed by atoms with Crippen LogP contribution in [0.3, 0.4) is 0 Å². The van der Waals surface area contributed by atoms with Gasteiger partial charge in [-0.05, 0) is 25.1 Å². The number of benzene rings is 1. The lowest BCUT2D eigenvalue weighted by Gasteiger charge is -2.17. The summed E-state index contributed by atoms with van der Waals surface area (Å²) in [5, 5.41) is 0.553. The van der Waals surface area contributed by atoms with Crippen molar-refractivity contribution in [3.8, 4) is 12.3 Å². The molecular formula is C12H12ClNO. The zero-order chi connectivity index (χ0) is 11.3. The van der Waals surface area contributed by atoms with Crippen LogP contribution in [0.4, 0.5) is 0 Å². The molecule has 0 fully saturated rings. The highest BCUT2D eigenvalue weighted by Crippen LogP contribution is 2.12. The predicted octanol–water partition coefficient (Wildman–Crippen LogP) is 2.44. The third-order valence-electron chi connectivity index (χ3n) is 2.02. The number of nitrogens with zero attached hydrogens (tertiary/aromatic N) is 1. The van der Waals surface area contributed by atoms with Crippen LogP contribution in [0.1, 0.15) is 17.3 Å². The molecule has 2 nitrogen and oxygen atoms in total. The lowest BCUT2D eigenvalue weighted by molar-refractivity contribution is 0.0785. The predicted molar refractivity (Wildman–Crippen MR) is 61.9 cm³/mol. The average molecular weight is 222 g/mol. The molecule has 1 aromatic carbocycles. The molecule has 0 saturated carbocycles. The maximum Gasteiger partial charge on any atom is 0.254 e. The van der Waals surface area contributed by atoms with Crippen LogP contribution in [0.5, 0.6) is 0 Å². The fourth-order valence-electron chi connectivity index (χ4n) is 1.24. The van der Waals surface area contributed by atoms with Gasteiger partial charge in [-0.25, -0.2) is 0 Å². The highest BCUT2D eigenvalue weighted by atomic mass is 35.5. The van der Waals surface area contributed by atoms with Crippen molar-refractivity contribution in [2.24, 2.45) is 0 Å². The summed E-state index contributed by atoms with van der Waals surface area (Å²) in [5.41, 5.74) is 0.569. The van der Waals surface area contributed by atoms with Gasteiger partial charge in [0.15, 0.2) is 0 Å². The molecule has 0 aliphatic rings. The van der Waals surface area contributed by atoms with Gasteiger partial charge in [0, 0.05) is 17.1 Å². The van der Waals surface area contributed by atoms with Gasteiger partial charge >= 0.3 is 0 Å². The summed E-state index contributed by atoms with van der Waals surface area (Å²) in [6.07, 6.45) is 5.18. The van der Waals surface area contributed by atoms with Gasteiger partial charge in [-0.1, -0.05) is 23.6 Å². The van der Waals surface area contributed by atoms with E-state index in [1.54, 1.807) is 29.2 Å². The smallest absolute Gasteiger partial charge is 0.254 e. The Morgan fingerprint density at radius 3 is 2.87 bits per heavy atom. The molecule has 1 aromatic rings. The van der Waals surface area contributed by atoms with E-state index < -0.39 is 0 Å². The molecule has 1 amide bonds. The Morgan fingerprint density at radius 1 is 1.60 bits per heavy atom. The summed E-state index contributed by atoms with van der Waals surface area (Å²) in [5.74, 6) is 2.37. The zero-order valence-electron chi connectivity index (χ0n) is 8.53. The molecule has 0 aliphatic heterocycles. The average Bonchev–Trinajstić information content (AvgIpc) is 2.25. The molecule has 0 heterocycles. The van der Waals surface area contributed by atoms with E-state index in [2.05, 4.69) is 5.92 Å². The fourth-order valence-corrected chi connectivity index (χ4v) is 1.43. The van der Waals surface area contributed by atoms with Crippen LogP contribution in [-0.4, -0.2) is 23.9 Å². The number of hydrogen-bond donors (Lipinski definition) is 0. The van der Waals surface area contributed by atoms with Crippen LogP contribution >= 0.6 is 11.6 Å². The Kier molecular flexibility index (Phi) is 4.20. The number of rotatable bonds is 3. The van der Waals surface area contributed by atoms with E-state index in [0.29, 0.717) is 23.7 Å². The summed E-state index contributed by atoms with van der Waals surface area (Å²) in [4.78, 5) is 13.5. The first kappa shape index (κ1) is 11.6. The van der Waals surface area contributed by atoms with Gasteiger partial charge in [0.25, 0.3) is 5.91 Å². The molecule has 15 heavy (non-hydrogen) atoms. The van der Waals surface area contributed by atoms with Crippen molar-refractivity contribution in [2.45, 2.75) is 6.92 Å². The van der Waals surface area contributed by atoms with Gasteiger partial charge in [0.05, 0.1) is 6.54 Å². The van der Waals surface area contributed by atoms with Crippen LogP contribution in [0.2, 0.25) is 5.02 Å². The van der Waals surface area contributed by atoms with Crippen LogP contribution < -0.4 is 0 Å². The first-order valence-corrected chi connectivity index (χ1v) is 5.05. The topological polar surface area (TPSA) is 20.3 Å². The van der Waals surface area contributed by atoms with Crippen LogP contribution in [0.15, 0.2) is 24.3 Å². The molecular weight excluding hydrogens is 210 g/mol. The molecule has 78 valence electrons. The third kappa shape index (κ3) is 3.00. The molecule has 0 spiro atoms. The van der Waals surface area contributed by atoms with E-state index in [0.717, 1.165) is 0 Å². The number of terminal acetylenes is 1. The van der Waals surface area contributed by atoms with Gasteiger partial charge in [0.2, 0.25) is 0 Å². The Morgan fingerprint density at radius 2 is 2.33 bits per heavy atom.